The topological polar surface area (TPSA) is 26.3 Å². The van der Waals surface area contributed by atoms with Crippen molar-refractivity contribution < 1.29 is 22.7 Å². The van der Waals surface area contributed by atoms with Crippen molar-refractivity contribution in [1.82, 2.24) is 0 Å². The molecule has 0 saturated heterocycles. The van der Waals surface area contributed by atoms with Crippen LogP contribution in [0.1, 0.15) is 11.7 Å². The van der Waals surface area contributed by atoms with Gasteiger partial charge in [0.25, 0.3) is 0 Å². The number of ether oxygens (including phenoxy) is 1. The van der Waals surface area contributed by atoms with Crippen LogP contribution in [0.3, 0.4) is 0 Å². The standard InChI is InChI=1S/C14H10ClF3O2/c15-8-12(19)20-13(14(16,17)18)11-6-5-9-3-1-2-4-10(9)7-11/h1-7,13H,8H2/t13-/m1/s1. The molecule has 0 unspecified atom stereocenters. The van der Waals surface area contributed by atoms with Gasteiger partial charge in [0.1, 0.15) is 5.88 Å². The van der Waals surface area contributed by atoms with Crippen LogP contribution >= 0.6 is 11.6 Å². The first-order valence-corrected chi connectivity index (χ1v) is 6.26. The normalized spacial score (nSPS) is 13.2. The van der Waals surface area contributed by atoms with Crippen LogP contribution in [0, 0.1) is 0 Å². The summed E-state index contributed by atoms with van der Waals surface area (Å²) in [5, 5.41) is 1.45. The van der Waals surface area contributed by atoms with E-state index in [4.69, 9.17) is 11.6 Å². The highest BCUT2D eigenvalue weighted by atomic mass is 35.5. The average Bonchev–Trinajstić information content (AvgIpc) is 2.42. The van der Waals surface area contributed by atoms with Gasteiger partial charge < -0.3 is 4.74 Å². The van der Waals surface area contributed by atoms with E-state index in [0.29, 0.717) is 5.39 Å². The number of carbonyl (C=O) groups is 1. The molecule has 0 aliphatic heterocycles. The molecule has 0 bridgehead atoms. The molecule has 0 spiro atoms. The highest BCUT2D eigenvalue weighted by Crippen LogP contribution is 2.37. The Balaban J connectivity index is 2.42. The van der Waals surface area contributed by atoms with Crippen LogP contribution in [-0.2, 0) is 9.53 Å². The molecule has 6 heteroatoms. The van der Waals surface area contributed by atoms with Crippen molar-refractivity contribution in [3.8, 4) is 0 Å². The third-order valence-electron chi connectivity index (χ3n) is 2.73. The van der Waals surface area contributed by atoms with Crippen molar-refractivity contribution in [1.29, 1.82) is 0 Å². The summed E-state index contributed by atoms with van der Waals surface area (Å²) >= 11 is 5.19. The van der Waals surface area contributed by atoms with E-state index in [-0.39, 0.29) is 5.56 Å². The van der Waals surface area contributed by atoms with Crippen molar-refractivity contribution in [2.45, 2.75) is 12.3 Å². The predicted molar refractivity (Wildman–Crippen MR) is 69.6 cm³/mol. The molecular formula is C14H10ClF3O2. The van der Waals surface area contributed by atoms with Gasteiger partial charge in [0.05, 0.1) is 0 Å². The lowest BCUT2D eigenvalue weighted by Gasteiger charge is -2.21. The second-order valence-corrected chi connectivity index (χ2v) is 4.42. The fraction of sp³-hybridized carbons (Fsp3) is 0.214. The minimum Gasteiger partial charge on any atom is -0.447 e. The molecule has 2 aromatic carbocycles. The summed E-state index contributed by atoms with van der Waals surface area (Å²) < 4.78 is 43.3. The van der Waals surface area contributed by atoms with E-state index in [1.54, 1.807) is 30.3 Å². The van der Waals surface area contributed by atoms with Crippen molar-refractivity contribution in [3.63, 3.8) is 0 Å². The first-order valence-electron chi connectivity index (χ1n) is 5.72. The van der Waals surface area contributed by atoms with E-state index in [0.717, 1.165) is 5.39 Å². The third-order valence-corrected chi connectivity index (χ3v) is 2.95. The fourth-order valence-electron chi connectivity index (χ4n) is 1.86. The van der Waals surface area contributed by atoms with Gasteiger partial charge in [0.2, 0.25) is 6.10 Å². The zero-order valence-corrected chi connectivity index (χ0v) is 10.9. The monoisotopic (exact) mass is 302 g/mol. The molecule has 0 N–H and O–H groups in total. The Kier molecular flexibility index (Phi) is 4.18. The highest BCUT2D eigenvalue weighted by molar-refractivity contribution is 6.26. The van der Waals surface area contributed by atoms with Gasteiger partial charge in [-0.1, -0.05) is 36.4 Å². The Morgan fingerprint density at radius 1 is 1.15 bits per heavy atom. The lowest BCUT2D eigenvalue weighted by molar-refractivity contribution is -0.222. The summed E-state index contributed by atoms with van der Waals surface area (Å²) in [4.78, 5) is 11.1. The molecule has 0 amide bonds. The quantitative estimate of drug-likeness (QED) is 0.626. The summed E-state index contributed by atoms with van der Waals surface area (Å²) in [5.74, 6) is -1.73. The number of alkyl halides is 4. The molecule has 0 aliphatic carbocycles. The maximum absolute atomic E-state index is 13.0. The van der Waals surface area contributed by atoms with Crippen LogP contribution in [0.2, 0.25) is 0 Å². The van der Waals surface area contributed by atoms with E-state index >= 15 is 0 Å². The largest absolute Gasteiger partial charge is 0.447 e. The van der Waals surface area contributed by atoms with E-state index in [1.807, 2.05) is 0 Å². The van der Waals surface area contributed by atoms with Gasteiger partial charge in [-0.05, 0) is 16.8 Å². The summed E-state index contributed by atoms with van der Waals surface area (Å²) in [5.41, 5.74) is -0.130. The lowest BCUT2D eigenvalue weighted by Crippen LogP contribution is -2.26. The van der Waals surface area contributed by atoms with Gasteiger partial charge in [0.15, 0.2) is 0 Å². The number of carbonyl (C=O) groups excluding carboxylic acids is 1. The number of hydrogen-bond donors (Lipinski definition) is 0. The van der Waals surface area contributed by atoms with Gasteiger partial charge in [-0.2, -0.15) is 13.2 Å². The van der Waals surface area contributed by atoms with Gasteiger partial charge in [-0.3, -0.25) is 4.79 Å². The number of fused-ring (bicyclic) bond motifs is 1. The SMILES string of the molecule is O=C(CCl)O[C@H](c1ccc2ccccc2c1)C(F)(F)F. The minimum atomic E-state index is -4.69. The molecule has 2 rings (SSSR count). The summed E-state index contributed by atoms with van der Waals surface area (Å²) in [6, 6.07) is 11.2. The van der Waals surface area contributed by atoms with Crippen molar-refractivity contribution in [3.05, 3.63) is 48.0 Å². The Labute approximate surface area is 118 Å². The minimum absolute atomic E-state index is 0.130. The Bertz CT molecular complexity index is 625. The molecule has 2 aromatic rings. The van der Waals surface area contributed by atoms with Crippen molar-refractivity contribution in [2.24, 2.45) is 0 Å². The number of halogens is 4. The molecule has 2 nitrogen and oxygen atoms in total. The fourth-order valence-corrected chi connectivity index (χ4v) is 1.92. The average molecular weight is 303 g/mol. The van der Waals surface area contributed by atoms with Crippen LogP contribution in [0.4, 0.5) is 13.2 Å². The smallest absolute Gasteiger partial charge is 0.429 e. The van der Waals surface area contributed by atoms with Crippen LogP contribution < -0.4 is 0 Å². The van der Waals surface area contributed by atoms with E-state index in [9.17, 15) is 18.0 Å². The molecule has 0 aliphatic rings. The molecule has 0 radical (unpaired) electrons. The first-order chi connectivity index (χ1) is 9.41. The number of hydrogen-bond acceptors (Lipinski definition) is 2. The zero-order chi connectivity index (χ0) is 14.8. The predicted octanol–water partition coefficient (Wildman–Crippen LogP) is 4.23. The molecular weight excluding hydrogens is 293 g/mol. The Hall–Kier alpha value is -1.75. The third kappa shape index (κ3) is 3.22. The van der Waals surface area contributed by atoms with Gasteiger partial charge in [-0.25, -0.2) is 0 Å². The first kappa shape index (κ1) is 14.7. The number of esters is 1. The van der Waals surface area contributed by atoms with Gasteiger partial charge >= 0.3 is 12.1 Å². The van der Waals surface area contributed by atoms with Crippen LogP contribution in [0.5, 0.6) is 0 Å². The number of benzene rings is 2. The maximum atomic E-state index is 13.0. The highest BCUT2D eigenvalue weighted by Gasteiger charge is 2.44. The molecule has 1 atom stereocenters. The lowest BCUT2D eigenvalue weighted by atomic mass is 10.0. The van der Waals surface area contributed by atoms with Crippen molar-refractivity contribution >= 4 is 28.3 Å². The van der Waals surface area contributed by atoms with Crippen LogP contribution in [0.15, 0.2) is 42.5 Å². The molecule has 0 heterocycles. The molecule has 0 aromatic heterocycles. The Morgan fingerprint density at radius 2 is 1.80 bits per heavy atom. The summed E-state index contributed by atoms with van der Waals surface area (Å²) in [6.07, 6.45) is -7.00. The van der Waals surface area contributed by atoms with E-state index in [2.05, 4.69) is 4.74 Å². The summed E-state index contributed by atoms with van der Waals surface area (Å²) in [6.45, 7) is 0. The zero-order valence-electron chi connectivity index (χ0n) is 10.2. The second-order valence-electron chi connectivity index (χ2n) is 4.15. The second kappa shape index (κ2) is 5.71. The van der Waals surface area contributed by atoms with Crippen LogP contribution in [0.25, 0.3) is 10.8 Å². The molecule has 106 valence electrons. The molecule has 0 fully saturated rings. The van der Waals surface area contributed by atoms with E-state index < -0.39 is 24.1 Å². The maximum Gasteiger partial charge on any atom is 0.429 e. The van der Waals surface area contributed by atoms with Crippen LogP contribution in [-0.4, -0.2) is 18.0 Å². The summed E-state index contributed by atoms with van der Waals surface area (Å²) in [7, 11) is 0. The number of rotatable bonds is 3. The Morgan fingerprint density at radius 3 is 2.40 bits per heavy atom. The van der Waals surface area contributed by atoms with Crippen molar-refractivity contribution in [2.75, 3.05) is 5.88 Å². The van der Waals surface area contributed by atoms with E-state index in [1.165, 1.54) is 12.1 Å². The molecule has 0 saturated carbocycles. The van der Waals surface area contributed by atoms with Gasteiger partial charge in [-0.15, -0.1) is 11.6 Å². The van der Waals surface area contributed by atoms with Gasteiger partial charge in [0, 0.05) is 5.56 Å². The molecule has 20 heavy (non-hydrogen) atoms.